The number of benzene rings is 1. The Labute approximate surface area is 108 Å². The lowest BCUT2D eigenvalue weighted by molar-refractivity contribution is 0.336. The van der Waals surface area contributed by atoms with Crippen LogP contribution in [-0.4, -0.2) is 12.3 Å². The van der Waals surface area contributed by atoms with E-state index in [-0.39, 0.29) is 11.2 Å². The number of halogens is 1. The minimum Gasteiger partial charge on any atom is -0.330 e. The lowest BCUT2D eigenvalue weighted by Gasteiger charge is -2.21. The van der Waals surface area contributed by atoms with Gasteiger partial charge in [0.1, 0.15) is 5.82 Å². The summed E-state index contributed by atoms with van der Waals surface area (Å²) in [5.41, 5.74) is 5.94. The van der Waals surface area contributed by atoms with Gasteiger partial charge in [-0.15, -0.1) is 11.8 Å². The Morgan fingerprint density at radius 1 is 1.29 bits per heavy atom. The molecule has 0 fully saturated rings. The van der Waals surface area contributed by atoms with Crippen LogP contribution in [0.2, 0.25) is 0 Å². The van der Waals surface area contributed by atoms with Gasteiger partial charge in [-0.3, -0.25) is 0 Å². The Balaban J connectivity index is 2.17. The minimum atomic E-state index is -0.153. The normalized spacial score (nSPS) is 11.8. The van der Waals surface area contributed by atoms with Crippen LogP contribution in [0.5, 0.6) is 0 Å². The molecule has 3 heteroatoms. The fraction of sp³-hybridized carbons (Fsp3) is 0.571. The summed E-state index contributed by atoms with van der Waals surface area (Å²) >= 11 is 1.72. The molecule has 1 aromatic rings. The van der Waals surface area contributed by atoms with Gasteiger partial charge >= 0.3 is 0 Å². The van der Waals surface area contributed by atoms with Gasteiger partial charge < -0.3 is 5.73 Å². The second-order valence-electron chi connectivity index (χ2n) is 5.13. The number of hydrogen-bond acceptors (Lipinski definition) is 2. The van der Waals surface area contributed by atoms with E-state index in [2.05, 4.69) is 13.8 Å². The Hall–Kier alpha value is -0.540. The van der Waals surface area contributed by atoms with Gasteiger partial charge in [0.25, 0.3) is 0 Å². The summed E-state index contributed by atoms with van der Waals surface area (Å²) in [4.78, 5) is 1.02. The first-order valence-electron chi connectivity index (χ1n) is 6.12. The molecule has 0 unspecified atom stereocenters. The van der Waals surface area contributed by atoms with Gasteiger partial charge in [0.15, 0.2) is 0 Å². The highest BCUT2D eigenvalue weighted by molar-refractivity contribution is 7.99. The van der Waals surface area contributed by atoms with Crippen LogP contribution < -0.4 is 5.73 Å². The fourth-order valence-corrected chi connectivity index (χ4v) is 2.51. The van der Waals surface area contributed by atoms with E-state index in [1.165, 1.54) is 12.5 Å². The molecular formula is C14H22FNS. The molecule has 1 rings (SSSR count). The average Bonchev–Trinajstić information content (AvgIpc) is 2.29. The quantitative estimate of drug-likeness (QED) is 0.587. The molecule has 2 N–H and O–H groups in total. The molecule has 96 valence electrons. The zero-order chi connectivity index (χ0) is 12.7. The van der Waals surface area contributed by atoms with E-state index in [0.29, 0.717) is 0 Å². The van der Waals surface area contributed by atoms with E-state index in [4.69, 9.17) is 5.73 Å². The second kappa shape index (κ2) is 7.02. The fourth-order valence-electron chi connectivity index (χ4n) is 1.55. The molecule has 1 nitrogen and oxygen atoms in total. The number of unbranched alkanes of at least 4 members (excludes halogenated alkanes) is 1. The van der Waals surface area contributed by atoms with Crippen molar-refractivity contribution in [2.75, 3.05) is 12.3 Å². The van der Waals surface area contributed by atoms with Gasteiger partial charge in [-0.25, -0.2) is 4.39 Å². The van der Waals surface area contributed by atoms with E-state index in [0.717, 1.165) is 30.0 Å². The first kappa shape index (κ1) is 14.5. The molecule has 0 aliphatic carbocycles. The largest absolute Gasteiger partial charge is 0.330 e. The monoisotopic (exact) mass is 255 g/mol. The van der Waals surface area contributed by atoms with Crippen LogP contribution in [-0.2, 0) is 0 Å². The van der Waals surface area contributed by atoms with E-state index >= 15 is 0 Å². The van der Waals surface area contributed by atoms with Crippen molar-refractivity contribution in [3.05, 3.63) is 30.1 Å². The summed E-state index contributed by atoms with van der Waals surface area (Å²) in [6, 6.07) is 6.79. The molecule has 0 amide bonds. The van der Waals surface area contributed by atoms with Crippen molar-refractivity contribution in [3.8, 4) is 0 Å². The lowest BCUT2D eigenvalue weighted by atomic mass is 9.88. The van der Waals surface area contributed by atoms with Crippen molar-refractivity contribution in [2.24, 2.45) is 11.1 Å². The maximum atomic E-state index is 12.9. The zero-order valence-electron chi connectivity index (χ0n) is 10.7. The van der Waals surface area contributed by atoms with Gasteiger partial charge in [-0.05, 0) is 48.8 Å². The molecule has 0 radical (unpaired) electrons. The number of rotatable bonds is 7. The smallest absolute Gasteiger partial charge is 0.124 e. The Bertz CT molecular complexity index is 339. The third-order valence-corrected chi connectivity index (χ3v) is 3.95. The van der Waals surface area contributed by atoms with Gasteiger partial charge in [-0.1, -0.05) is 26.3 Å². The topological polar surface area (TPSA) is 26.0 Å². The van der Waals surface area contributed by atoms with Crippen LogP contribution in [0.3, 0.4) is 0 Å². The molecule has 0 saturated carbocycles. The Morgan fingerprint density at radius 3 is 2.71 bits per heavy atom. The molecule has 17 heavy (non-hydrogen) atoms. The SMILES string of the molecule is CC(C)(CN)CCCCSc1cccc(F)c1. The Morgan fingerprint density at radius 2 is 2.06 bits per heavy atom. The van der Waals surface area contributed by atoms with Crippen molar-refractivity contribution >= 4 is 11.8 Å². The molecule has 0 heterocycles. The van der Waals surface area contributed by atoms with Crippen molar-refractivity contribution < 1.29 is 4.39 Å². The zero-order valence-corrected chi connectivity index (χ0v) is 11.5. The van der Waals surface area contributed by atoms with E-state index < -0.39 is 0 Å². The van der Waals surface area contributed by atoms with Crippen LogP contribution in [0.1, 0.15) is 33.1 Å². The van der Waals surface area contributed by atoms with Gasteiger partial charge in [0, 0.05) is 4.90 Å². The molecule has 0 aliphatic rings. The van der Waals surface area contributed by atoms with Gasteiger partial charge in [0.05, 0.1) is 0 Å². The summed E-state index contributed by atoms with van der Waals surface area (Å²) in [6.07, 6.45) is 3.50. The van der Waals surface area contributed by atoms with Crippen LogP contribution >= 0.6 is 11.8 Å². The first-order valence-corrected chi connectivity index (χ1v) is 7.10. The summed E-state index contributed by atoms with van der Waals surface area (Å²) in [5, 5.41) is 0. The van der Waals surface area contributed by atoms with Crippen molar-refractivity contribution in [1.29, 1.82) is 0 Å². The molecule has 0 bridgehead atoms. The predicted molar refractivity (Wildman–Crippen MR) is 73.8 cm³/mol. The van der Waals surface area contributed by atoms with Crippen LogP contribution in [0.4, 0.5) is 4.39 Å². The molecule has 0 saturated heterocycles. The highest BCUT2D eigenvalue weighted by Gasteiger charge is 2.14. The van der Waals surface area contributed by atoms with Crippen molar-refractivity contribution in [2.45, 2.75) is 38.0 Å². The molecule has 0 atom stereocenters. The minimum absolute atomic E-state index is 0.153. The van der Waals surface area contributed by atoms with E-state index in [1.54, 1.807) is 23.9 Å². The molecular weight excluding hydrogens is 233 g/mol. The summed E-state index contributed by atoms with van der Waals surface area (Å²) in [6.45, 7) is 5.14. The summed E-state index contributed by atoms with van der Waals surface area (Å²) in [5.74, 6) is 0.892. The average molecular weight is 255 g/mol. The second-order valence-corrected chi connectivity index (χ2v) is 6.30. The van der Waals surface area contributed by atoms with Crippen LogP contribution in [0.15, 0.2) is 29.2 Å². The van der Waals surface area contributed by atoms with Gasteiger partial charge in [0.2, 0.25) is 0 Å². The van der Waals surface area contributed by atoms with Crippen LogP contribution in [0, 0.1) is 11.2 Å². The standard InChI is InChI=1S/C14H22FNS/c1-14(2,11-16)8-3-4-9-17-13-7-5-6-12(15)10-13/h5-7,10H,3-4,8-9,11,16H2,1-2H3. The van der Waals surface area contributed by atoms with Gasteiger partial charge in [-0.2, -0.15) is 0 Å². The van der Waals surface area contributed by atoms with E-state index in [9.17, 15) is 4.39 Å². The highest BCUT2D eigenvalue weighted by atomic mass is 32.2. The Kier molecular flexibility index (Phi) is 6.00. The molecule has 1 aromatic carbocycles. The predicted octanol–water partition coefficient (Wildman–Crippen LogP) is 4.07. The molecule has 0 aromatic heterocycles. The maximum Gasteiger partial charge on any atom is 0.124 e. The van der Waals surface area contributed by atoms with Crippen LogP contribution in [0.25, 0.3) is 0 Å². The van der Waals surface area contributed by atoms with E-state index in [1.807, 2.05) is 6.07 Å². The highest BCUT2D eigenvalue weighted by Crippen LogP contribution is 2.24. The third-order valence-electron chi connectivity index (χ3n) is 2.87. The summed E-state index contributed by atoms with van der Waals surface area (Å²) in [7, 11) is 0. The number of thioether (sulfide) groups is 1. The maximum absolute atomic E-state index is 12.9. The third kappa shape index (κ3) is 6.08. The molecule has 0 spiro atoms. The van der Waals surface area contributed by atoms with Crippen molar-refractivity contribution in [3.63, 3.8) is 0 Å². The number of nitrogens with two attached hydrogens (primary N) is 1. The lowest BCUT2D eigenvalue weighted by Crippen LogP contribution is -2.23. The van der Waals surface area contributed by atoms with Crippen molar-refractivity contribution in [1.82, 2.24) is 0 Å². The molecule has 0 aliphatic heterocycles. The number of hydrogen-bond donors (Lipinski definition) is 1. The first-order chi connectivity index (χ1) is 8.03. The summed E-state index contributed by atoms with van der Waals surface area (Å²) < 4.78 is 12.9.